The van der Waals surface area contributed by atoms with Crippen LogP contribution in [0.15, 0.2) is 79.2 Å². The molecule has 1 aliphatic heterocycles. The fourth-order valence-corrected chi connectivity index (χ4v) is 3.59. The topological polar surface area (TPSA) is 41.1 Å². The molecule has 35 heavy (non-hydrogen) atoms. The zero-order valence-corrected chi connectivity index (χ0v) is 23.4. The third kappa shape index (κ3) is 12.8. The molecule has 0 saturated carbocycles. The molecule has 0 radical (unpaired) electrons. The molecule has 0 aromatic heterocycles. The van der Waals surface area contributed by atoms with E-state index >= 15 is 0 Å². The first-order chi connectivity index (χ1) is 16.8. The van der Waals surface area contributed by atoms with E-state index in [0.717, 1.165) is 24.1 Å². The number of carbonyl (C=O) groups is 1. The van der Waals surface area contributed by atoms with Crippen molar-refractivity contribution in [3.05, 3.63) is 101 Å². The summed E-state index contributed by atoms with van der Waals surface area (Å²) in [6.07, 6.45) is 4.85. The number of nitrogens with one attached hydrogen (secondary N) is 2. The molecule has 0 aliphatic carbocycles. The van der Waals surface area contributed by atoms with Crippen molar-refractivity contribution in [3.63, 3.8) is 0 Å². The largest absolute Gasteiger partial charge is 0.388 e. The molecule has 1 fully saturated rings. The summed E-state index contributed by atoms with van der Waals surface area (Å²) in [6.45, 7) is 24.9. The van der Waals surface area contributed by atoms with Crippen LogP contribution in [-0.4, -0.2) is 12.5 Å². The SMILES string of the molecule is C=C(/C=C(\C)c1cc(C)cc(CCC)c1)NC(=O)C1CNC(=C)C1.CC.CC.Cc1ccccc1. The molecule has 1 amide bonds. The van der Waals surface area contributed by atoms with E-state index in [9.17, 15) is 4.79 Å². The van der Waals surface area contributed by atoms with Gasteiger partial charge in [0.2, 0.25) is 5.91 Å². The zero-order chi connectivity index (χ0) is 26.8. The summed E-state index contributed by atoms with van der Waals surface area (Å²) in [4.78, 5) is 12.2. The van der Waals surface area contributed by atoms with Gasteiger partial charge in [-0.3, -0.25) is 4.79 Å². The molecule has 2 aromatic carbocycles. The molecule has 1 aliphatic rings. The summed E-state index contributed by atoms with van der Waals surface area (Å²) in [5.74, 6) is -0.0517. The van der Waals surface area contributed by atoms with Gasteiger partial charge in [0.25, 0.3) is 0 Å². The van der Waals surface area contributed by atoms with Crippen molar-refractivity contribution in [2.24, 2.45) is 5.92 Å². The van der Waals surface area contributed by atoms with Crippen molar-refractivity contribution in [2.45, 2.75) is 74.7 Å². The molecular formula is C32H48N2O. The van der Waals surface area contributed by atoms with Gasteiger partial charge in [-0.25, -0.2) is 0 Å². The van der Waals surface area contributed by atoms with Gasteiger partial charge in [0, 0.05) is 17.9 Å². The fraction of sp³-hybridized carbons (Fsp3) is 0.406. The highest BCUT2D eigenvalue weighted by Gasteiger charge is 2.24. The van der Waals surface area contributed by atoms with Crippen molar-refractivity contribution >= 4 is 11.5 Å². The van der Waals surface area contributed by atoms with Crippen LogP contribution in [0.25, 0.3) is 5.57 Å². The number of aryl methyl sites for hydroxylation is 3. The average Bonchev–Trinajstić information content (AvgIpc) is 3.29. The molecule has 192 valence electrons. The number of carbonyl (C=O) groups excluding carboxylic acids is 1. The van der Waals surface area contributed by atoms with E-state index in [1.54, 1.807) is 0 Å². The first kappa shape index (κ1) is 31.9. The number of benzene rings is 2. The van der Waals surface area contributed by atoms with E-state index in [1.165, 1.54) is 22.3 Å². The summed E-state index contributed by atoms with van der Waals surface area (Å²) in [7, 11) is 0. The lowest BCUT2D eigenvalue weighted by Gasteiger charge is -2.11. The number of rotatable bonds is 6. The molecule has 1 unspecified atom stereocenters. The van der Waals surface area contributed by atoms with Gasteiger partial charge in [-0.1, -0.05) is 114 Å². The van der Waals surface area contributed by atoms with Crippen LogP contribution in [0.5, 0.6) is 0 Å². The van der Waals surface area contributed by atoms with Gasteiger partial charge < -0.3 is 10.6 Å². The predicted molar refractivity (Wildman–Crippen MR) is 155 cm³/mol. The Morgan fingerprint density at radius 3 is 2.17 bits per heavy atom. The summed E-state index contributed by atoms with van der Waals surface area (Å²) >= 11 is 0. The van der Waals surface area contributed by atoms with Crippen LogP contribution in [0.1, 0.15) is 76.6 Å². The van der Waals surface area contributed by atoms with Crippen LogP contribution in [0.3, 0.4) is 0 Å². The maximum atomic E-state index is 12.2. The van der Waals surface area contributed by atoms with Crippen molar-refractivity contribution in [1.82, 2.24) is 10.6 Å². The van der Waals surface area contributed by atoms with Gasteiger partial charge >= 0.3 is 0 Å². The maximum absolute atomic E-state index is 12.2. The lowest BCUT2D eigenvalue weighted by atomic mass is 9.98. The second-order valence-electron chi connectivity index (χ2n) is 8.34. The van der Waals surface area contributed by atoms with Crippen molar-refractivity contribution < 1.29 is 4.79 Å². The van der Waals surface area contributed by atoms with E-state index in [4.69, 9.17) is 0 Å². The van der Waals surface area contributed by atoms with E-state index in [0.29, 0.717) is 18.7 Å². The molecule has 3 rings (SSSR count). The normalized spacial score (nSPS) is 14.1. The van der Waals surface area contributed by atoms with Gasteiger partial charge in [-0.05, 0) is 56.4 Å². The Morgan fingerprint density at radius 2 is 1.69 bits per heavy atom. The predicted octanol–water partition coefficient (Wildman–Crippen LogP) is 8.15. The molecule has 2 aromatic rings. The van der Waals surface area contributed by atoms with Crippen molar-refractivity contribution in [2.75, 3.05) is 6.54 Å². The van der Waals surface area contributed by atoms with E-state index in [1.807, 2.05) is 52.0 Å². The van der Waals surface area contributed by atoms with Gasteiger partial charge in [-0.2, -0.15) is 0 Å². The summed E-state index contributed by atoms with van der Waals surface area (Å²) < 4.78 is 0. The Hall–Kier alpha value is -3.07. The quantitative estimate of drug-likeness (QED) is 0.413. The standard InChI is InChI=1S/C21H28N2O.C7H8.2C2H6/c1-6-7-18-8-14(2)9-19(12-18)15(3)10-17(5)23-21(24)20-11-16(4)22-13-20;1-7-5-3-2-4-6-7;2*1-2/h8-10,12,20,22H,4-7,11,13H2,1-3H3,(H,23,24);2-6H,1H3;2*1-2H3/b15-10+;;;. The van der Waals surface area contributed by atoms with Gasteiger partial charge in [0.15, 0.2) is 0 Å². The molecule has 2 N–H and O–H groups in total. The number of hydrogen-bond donors (Lipinski definition) is 2. The maximum Gasteiger partial charge on any atom is 0.229 e. The fourth-order valence-electron chi connectivity index (χ4n) is 3.59. The minimum atomic E-state index is -0.0573. The lowest BCUT2D eigenvalue weighted by Crippen LogP contribution is -2.30. The Labute approximate surface area is 215 Å². The Kier molecular flexibility index (Phi) is 16.7. The summed E-state index contributed by atoms with van der Waals surface area (Å²) in [5.41, 5.74) is 7.78. The highest BCUT2D eigenvalue weighted by Crippen LogP contribution is 2.20. The van der Waals surface area contributed by atoms with Gasteiger partial charge in [0.05, 0.1) is 5.92 Å². The van der Waals surface area contributed by atoms with Crippen molar-refractivity contribution in [1.29, 1.82) is 0 Å². The molecule has 0 bridgehead atoms. The highest BCUT2D eigenvalue weighted by atomic mass is 16.1. The molecular weight excluding hydrogens is 428 g/mol. The zero-order valence-electron chi connectivity index (χ0n) is 23.4. The van der Waals surface area contributed by atoms with Crippen LogP contribution < -0.4 is 10.6 Å². The van der Waals surface area contributed by atoms with Crippen LogP contribution in [0.2, 0.25) is 0 Å². The molecule has 1 heterocycles. The number of hydrogen-bond acceptors (Lipinski definition) is 2. The van der Waals surface area contributed by atoms with E-state index in [-0.39, 0.29) is 11.8 Å². The lowest BCUT2D eigenvalue weighted by molar-refractivity contribution is -0.123. The van der Waals surface area contributed by atoms with Gasteiger partial charge in [0.1, 0.15) is 0 Å². The second-order valence-corrected chi connectivity index (χ2v) is 8.34. The number of allylic oxidation sites excluding steroid dienone is 3. The molecule has 1 saturated heterocycles. The summed E-state index contributed by atoms with van der Waals surface area (Å²) in [5, 5.41) is 6.02. The van der Waals surface area contributed by atoms with Crippen LogP contribution in [-0.2, 0) is 11.2 Å². The van der Waals surface area contributed by atoms with Crippen molar-refractivity contribution in [3.8, 4) is 0 Å². The van der Waals surface area contributed by atoms with E-state index < -0.39 is 0 Å². The smallest absolute Gasteiger partial charge is 0.229 e. The summed E-state index contributed by atoms with van der Waals surface area (Å²) in [6, 6.07) is 16.9. The first-order valence-electron chi connectivity index (χ1n) is 13.0. The molecule has 1 atom stereocenters. The molecule has 3 nitrogen and oxygen atoms in total. The Balaban J connectivity index is 0.000000878. The van der Waals surface area contributed by atoms with Gasteiger partial charge in [-0.15, -0.1) is 0 Å². The van der Waals surface area contributed by atoms with Crippen LogP contribution >= 0.6 is 0 Å². The average molecular weight is 477 g/mol. The van der Waals surface area contributed by atoms with E-state index in [2.05, 4.69) is 81.8 Å². The Morgan fingerprint density at radius 1 is 1.06 bits per heavy atom. The minimum absolute atomic E-state index is 0.00566. The highest BCUT2D eigenvalue weighted by molar-refractivity contribution is 5.82. The minimum Gasteiger partial charge on any atom is -0.388 e. The molecule has 3 heteroatoms. The second kappa shape index (κ2) is 18.3. The van der Waals surface area contributed by atoms with Crippen LogP contribution in [0.4, 0.5) is 0 Å². The molecule has 0 spiro atoms. The number of amides is 1. The Bertz CT molecular complexity index is 941. The third-order valence-corrected chi connectivity index (χ3v) is 5.21. The van der Waals surface area contributed by atoms with Crippen LogP contribution in [0, 0.1) is 19.8 Å². The first-order valence-corrected chi connectivity index (χ1v) is 13.0. The third-order valence-electron chi connectivity index (χ3n) is 5.21. The monoisotopic (exact) mass is 476 g/mol.